The minimum Gasteiger partial charge on any atom is -0.494 e. The summed E-state index contributed by atoms with van der Waals surface area (Å²) in [5.41, 5.74) is 2.74. The molecular formula is C30H30N4O3. The third kappa shape index (κ3) is 4.85. The van der Waals surface area contributed by atoms with Crippen molar-refractivity contribution >= 4 is 11.8 Å². The highest BCUT2D eigenvalue weighted by atomic mass is 16.5. The van der Waals surface area contributed by atoms with E-state index in [1.807, 2.05) is 91.9 Å². The summed E-state index contributed by atoms with van der Waals surface area (Å²) >= 11 is 0. The van der Waals surface area contributed by atoms with Crippen LogP contribution in [-0.4, -0.2) is 38.6 Å². The van der Waals surface area contributed by atoms with E-state index in [2.05, 4.69) is 5.32 Å². The van der Waals surface area contributed by atoms with Gasteiger partial charge in [0.25, 0.3) is 5.91 Å². The zero-order chi connectivity index (χ0) is 25.8. The van der Waals surface area contributed by atoms with Crippen LogP contribution in [0.1, 0.15) is 35.5 Å². The Morgan fingerprint density at radius 1 is 1.00 bits per heavy atom. The molecule has 3 aromatic carbocycles. The van der Waals surface area contributed by atoms with Crippen LogP contribution in [-0.2, 0) is 24.4 Å². The van der Waals surface area contributed by atoms with Gasteiger partial charge in [-0.2, -0.15) is 5.10 Å². The van der Waals surface area contributed by atoms with E-state index in [0.29, 0.717) is 30.3 Å². The SMILES string of the molecule is CCOc1ccccc1CN1C(=O)c2cc(-c3ccccc3)nn2CC1(C)C(=O)NCc1ccccc1. The van der Waals surface area contributed by atoms with Crippen molar-refractivity contribution in [2.24, 2.45) is 0 Å². The lowest BCUT2D eigenvalue weighted by molar-refractivity contribution is -0.133. The highest BCUT2D eigenvalue weighted by molar-refractivity contribution is 6.00. The summed E-state index contributed by atoms with van der Waals surface area (Å²) in [5.74, 6) is 0.222. The predicted octanol–water partition coefficient (Wildman–Crippen LogP) is 4.68. The second-order valence-corrected chi connectivity index (χ2v) is 9.31. The van der Waals surface area contributed by atoms with Gasteiger partial charge in [-0.05, 0) is 31.5 Å². The Kier molecular flexibility index (Phi) is 6.77. The average molecular weight is 495 g/mol. The van der Waals surface area contributed by atoms with E-state index in [1.165, 1.54) is 0 Å². The van der Waals surface area contributed by atoms with Crippen LogP contribution in [0.4, 0.5) is 0 Å². The van der Waals surface area contributed by atoms with Gasteiger partial charge in [0.15, 0.2) is 0 Å². The number of rotatable bonds is 8. The number of ether oxygens (including phenoxy) is 1. The molecule has 188 valence electrons. The molecule has 0 aliphatic carbocycles. The van der Waals surface area contributed by atoms with Crippen LogP contribution in [0.2, 0.25) is 0 Å². The minimum atomic E-state index is -1.17. The van der Waals surface area contributed by atoms with Gasteiger partial charge in [-0.25, -0.2) is 0 Å². The largest absolute Gasteiger partial charge is 0.494 e. The second kappa shape index (κ2) is 10.3. The Morgan fingerprint density at radius 2 is 1.68 bits per heavy atom. The standard InChI is InChI=1S/C30H30N4O3/c1-3-37-27-17-11-10-16-24(27)20-33-28(35)26-18-25(23-14-8-5-9-15-23)32-34(26)21-30(33,2)29(36)31-19-22-12-6-4-7-13-22/h4-18H,3,19-21H2,1-2H3,(H,31,36). The van der Waals surface area contributed by atoms with Gasteiger partial charge in [0.1, 0.15) is 17.0 Å². The van der Waals surface area contributed by atoms with Crippen molar-refractivity contribution in [1.29, 1.82) is 0 Å². The van der Waals surface area contributed by atoms with Crippen molar-refractivity contribution < 1.29 is 14.3 Å². The lowest BCUT2D eigenvalue weighted by Crippen LogP contribution is -2.63. The molecule has 0 saturated heterocycles. The van der Waals surface area contributed by atoms with Crippen LogP contribution in [0.3, 0.4) is 0 Å². The molecule has 1 unspecified atom stereocenters. The van der Waals surface area contributed by atoms with E-state index in [-0.39, 0.29) is 24.9 Å². The van der Waals surface area contributed by atoms with Gasteiger partial charge in [0.2, 0.25) is 5.91 Å². The summed E-state index contributed by atoms with van der Waals surface area (Å²) in [6.45, 7) is 5.07. The van der Waals surface area contributed by atoms with Crippen molar-refractivity contribution in [3.05, 3.63) is 108 Å². The number of amides is 2. The fraction of sp³-hybridized carbons (Fsp3) is 0.233. The number of aromatic nitrogens is 2. The molecule has 1 aliphatic heterocycles. The molecule has 0 radical (unpaired) electrons. The highest BCUT2D eigenvalue weighted by Crippen LogP contribution is 2.33. The third-order valence-corrected chi connectivity index (χ3v) is 6.75. The second-order valence-electron chi connectivity index (χ2n) is 9.31. The molecule has 4 aromatic rings. The first kappa shape index (κ1) is 24.3. The molecule has 5 rings (SSSR count). The van der Waals surface area contributed by atoms with Gasteiger partial charge >= 0.3 is 0 Å². The molecule has 1 N–H and O–H groups in total. The molecule has 0 spiro atoms. The van der Waals surface area contributed by atoms with Gasteiger partial charge in [0, 0.05) is 17.7 Å². The zero-order valence-electron chi connectivity index (χ0n) is 21.1. The molecule has 0 saturated carbocycles. The number of benzene rings is 3. The fourth-order valence-corrected chi connectivity index (χ4v) is 4.71. The summed E-state index contributed by atoms with van der Waals surface area (Å²) in [7, 11) is 0. The van der Waals surface area contributed by atoms with Crippen LogP contribution in [0, 0.1) is 0 Å². The summed E-state index contributed by atoms with van der Waals surface area (Å²) in [6, 6.07) is 28.9. The summed E-state index contributed by atoms with van der Waals surface area (Å²) < 4.78 is 7.49. The van der Waals surface area contributed by atoms with Crippen molar-refractivity contribution in [3.8, 4) is 17.0 Å². The predicted molar refractivity (Wildman–Crippen MR) is 142 cm³/mol. The Hall–Kier alpha value is -4.39. The monoisotopic (exact) mass is 494 g/mol. The van der Waals surface area contributed by atoms with Crippen LogP contribution in [0.25, 0.3) is 11.3 Å². The first-order chi connectivity index (χ1) is 18.0. The number of para-hydroxylation sites is 1. The summed E-state index contributed by atoms with van der Waals surface area (Å²) in [4.78, 5) is 29.4. The maximum absolute atomic E-state index is 14.0. The van der Waals surface area contributed by atoms with E-state index in [4.69, 9.17) is 9.84 Å². The molecule has 2 heterocycles. The maximum atomic E-state index is 14.0. The van der Waals surface area contributed by atoms with Gasteiger partial charge < -0.3 is 15.0 Å². The van der Waals surface area contributed by atoms with Crippen LogP contribution in [0.5, 0.6) is 5.75 Å². The maximum Gasteiger partial charge on any atom is 0.273 e. The quantitative estimate of drug-likeness (QED) is 0.386. The zero-order valence-corrected chi connectivity index (χ0v) is 21.1. The highest BCUT2D eigenvalue weighted by Gasteiger charge is 2.48. The number of nitrogens with one attached hydrogen (secondary N) is 1. The van der Waals surface area contributed by atoms with E-state index in [0.717, 1.165) is 16.7 Å². The van der Waals surface area contributed by atoms with E-state index >= 15 is 0 Å². The Morgan fingerprint density at radius 3 is 2.41 bits per heavy atom. The number of fused-ring (bicyclic) bond motifs is 1. The number of nitrogens with zero attached hydrogens (tertiary/aromatic N) is 3. The van der Waals surface area contributed by atoms with Crippen molar-refractivity contribution in [2.45, 2.75) is 39.0 Å². The smallest absolute Gasteiger partial charge is 0.273 e. The molecule has 0 fully saturated rings. The van der Waals surface area contributed by atoms with E-state index in [1.54, 1.807) is 22.6 Å². The molecule has 1 atom stereocenters. The molecular weight excluding hydrogens is 464 g/mol. The summed E-state index contributed by atoms with van der Waals surface area (Å²) in [6.07, 6.45) is 0. The average Bonchev–Trinajstić information content (AvgIpc) is 3.36. The fourth-order valence-electron chi connectivity index (χ4n) is 4.71. The normalized spacial score (nSPS) is 16.8. The van der Waals surface area contributed by atoms with Gasteiger partial charge in [-0.15, -0.1) is 0 Å². The Bertz CT molecular complexity index is 1400. The molecule has 7 nitrogen and oxygen atoms in total. The molecule has 1 aromatic heterocycles. The topological polar surface area (TPSA) is 76.5 Å². The molecule has 7 heteroatoms. The number of carbonyl (C=O) groups excluding carboxylic acids is 2. The van der Waals surface area contributed by atoms with Crippen molar-refractivity contribution in [3.63, 3.8) is 0 Å². The van der Waals surface area contributed by atoms with Gasteiger partial charge in [-0.1, -0.05) is 78.9 Å². The Labute approximate surface area is 216 Å². The first-order valence-electron chi connectivity index (χ1n) is 12.5. The van der Waals surface area contributed by atoms with Crippen molar-refractivity contribution in [1.82, 2.24) is 20.0 Å². The number of carbonyl (C=O) groups is 2. The summed E-state index contributed by atoms with van der Waals surface area (Å²) in [5, 5.41) is 7.77. The third-order valence-electron chi connectivity index (χ3n) is 6.75. The van der Waals surface area contributed by atoms with Crippen LogP contribution >= 0.6 is 0 Å². The molecule has 1 aliphatic rings. The Balaban J connectivity index is 1.51. The van der Waals surface area contributed by atoms with Gasteiger partial charge in [-0.3, -0.25) is 14.3 Å². The van der Waals surface area contributed by atoms with Crippen LogP contribution < -0.4 is 10.1 Å². The number of hydrogen-bond donors (Lipinski definition) is 1. The van der Waals surface area contributed by atoms with Crippen LogP contribution in [0.15, 0.2) is 91.0 Å². The molecule has 0 bridgehead atoms. The lowest BCUT2D eigenvalue weighted by Gasteiger charge is -2.43. The first-order valence-corrected chi connectivity index (χ1v) is 12.5. The van der Waals surface area contributed by atoms with Crippen molar-refractivity contribution in [2.75, 3.05) is 6.61 Å². The molecule has 37 heavy (non-hydrogen) atoms. The minimum absolute atomic E-state index is 0.232. The molecule has 2 amide bonds. The van der Waals surface area contributed by atoms with E-state index in [9.17, 15) is 9.59 Å². The van der Waals surface area contributed by atoms with E-state index < -0.39 is 5.54 Å². The lowest BCUT2D eigenvalue weighted by atomic mass is 9.93. The number of hydrogen-bond acceptors (Lipinski definition) is 4. The van der Waals surface area contributed by atoms with Gasteiger partial charge in [0.05, 0.1) is 25.4 Å².